The number of esters is 1. The lowest BCUT2D eigenvalue weighted by Crippen LogP contribution is -2.46. The quantitative estimate of drug-likeness (QED) is 0.323. The first-order valence-corrected chi connectivity index (χ1v) is 16.8. The average molecular weight is 710 g/mol. The molecule has 3 heterocycles. The smallest absolute Gasteiger partial charge is 0.312 e. The van der Waals surface area contributed by atoms with Gasteiger partial charge in [0.1, 0.15) is 17.6 Å². The van der Waals surface area contributed by atoms with Crippen molar-refractivity contribution in [3.05, 3.63) is 69.7 Å². The predicted octanol–water partition coefficient (Wildman–Crippen LogP) is 4.02. The molecule has 0 saturated heterocycles. The van der Waals surface area contributed by atoms with Gasteiger partial charge >= 0.3 is 11.8 Å². The van der Waals surface area contributed by atoms with E-state index in [2.05, 4.69) is 5.32 Å². The van der Waals surface area contributed by atoms with Crippen molar-refractivity contribution in [3.63, 3.8) is 0 Å². The number of phenolic OH excluding ortho intramolecular Hbond substituents is 1. The van der Waals surface area contributed by atoms with Gasteiger partial charge in [0.25, 0.3) is 11.7 Å². The largest absolute Gasteiger partial charge is 0.507 e. The topological polar surface area (TPSA) is 195 Å². The second-order valence-corrected chi connectivity index (χ2v) is 13.8. The molecule has 9 atom stereocenters. The van der Waals surface area contributed by atoms with E-state index in [1.807, 2.05) is 0 Å². The minimum Gasteiger partial charge on any atom is -0.507 e. The molecule has 1 aromatic rings. The van der Waals surface area contributed by atoms with Crippen molar-refractivity contribution in [2.75, 3.05) is 7.11 Å². The number of amides is 1. The number of fused-ring (bicyclic) bond motifs is 14. The van der Waals surface area contributed by atoms with Crippen LogP contribution in [0.25, 0.3) is 0 Å². The summed E-state index contributed by atoms with van der Waals surface area (Å²) in [6.07, 6.45) is 3.45. The highest BCUT2D eigenvalue weighted by atomic mass is 16.7. The van der Waals surface area contributed by atoms with Crippen LogP contribution in [0, 0.1) is 30.6 Å². The number of ketones is 3. The van der Waals surface area contributed by atoms with Crippen molar-refractivity contribution >= 4 is 29.2 Å². The summed E-state index contributed by atoms with van der Waals surface area (Å²) >= 11 is 0. The van der Waals surface area contributed by atoms with Gasteiger partial charge in [0.15, 0.2) is 5.78 Å². The van der Waals surface area contributed by atoms with Crippen molar-refractivity contribution in [1.29, 1.82) is 0 Å². The third kappa shape index (κ3) is 7.15. The van der Waals surface area contributed by atoms with Gasteiger partial charge < -0.3 is 39.6 Å². The van der Waals surface area contributed by atoms with E-state index in [1.165, 1.54) is 60.1 Å². The Morgan fingerprint density at radius 1 is 0.902 bits per heavy atom. The molecule has 1 aromatic carbocycles. The molecule has 276 valence electrons. The van der Waals surface area contributed by atoms with Crippen molar-refractivity contribution in [2.45, 2.75) is 92.5 Å². The number of hydrogen-bond donors (Lipinski definition) is 4. The maximum atomic E-state index is 14.0. The Balaban J connectivity index is 1.86. The van der Waals surface area contributed by atoms with Gasteiger partial charge in [-0.05, 0) is 26.8 Å². The molecule has 0 radical (unpaired) electrons. The second kappa shape index (κ2) is 14.9. The van der Waals surface area contributed by atoms with Gasteiger partial charge in [0.2, 0.25) is 5.78 Å². The van der Waals surface area contributed by atoms with Crippen LogP contribution in [0.5, 0.6) is 11.5 Å². The summed E-state index contributed by atoms with van der Waals surface area (Å²) < 4.78 is 23.2. The number of nitrogens with one attached hydrogen (secondary N) is 1. The molecule has 0 fully saturated rings. The molecule has 0 aromatic heterocycles. The van der Waals surface area contributed by atoms with Gasteiger partial charge in [-0.25, -0.2) is 0 Å². The van der Waals surface area contributed by atoms with Crippen LogP contribution in [-0.2, 0) is 23.8 Å². The number of aliphatic hydroxyl groups is 2. The van der Waals surface area contributed by atoms with Crippen molar-refractivity contribution < 1.29 is 58.2 Å². The first-order valence-electron chi connectivity index (χ1n) is 16.8. The summed E-state index contributed by atoms with van der Waals surface area (Å²) in [7, 11) is 1.42. The number of rotatable bonds is 2. The lowest BCUT2D eigenvalue weighted by molar-refractivity contribution is -0.160. The Labute approximate surface area is 297 Å². The maximum Gasteiger partial charge on any atom is 0.312 e. The first-order chi connectivity index (χ1) is 23.8. The molecular formula is C38H47NO12. The second-order valence-electron chi connectivity index (χ2n) is 13.8. The molecule has 0 saturated carbocycles. The lowest BCUT2D eigenvalue weighted by atomic mass is 9.78. The minimum absolute atomic E-state index is 0.0113. The van der Waals surface area contributed by atoms with E-state index >= 15 is 0 Å². The van der Waals surface area contributed by atoms with Crippen LogP contribution >= 0.6 is 0 Å². The van der Waals surface area contributed by atoms with E-state index in [4.69, 9.17) is 18.9 Å². The van der Waals surface area contributed by atoms with Crippen molar-refractivity contribution in [2.24, 2.45) is 23.7 Å². The number of aliphatic hydroxyl groups excluding tert-OH is 2. The Hall–Kier alpha value is -4.59. The Bertz CT molecular complexity index is 1770. The van der Waals surface area contributed by atoms with Crippen LogP contribution in [0.15, 0.2) is 47.4 Å². The number of aromatic hydroxyl groups is 1. The molecule has 0 spiro atoms. The fraction of sp³-hybridized carbons (Fsp3) is 0.500. The Morgan fingerprint density at radius 2 is 1.55 bits per heavy atom. The van der Waals surface area contributed by atoms with E-state index < -0.39 is 94.4 Å². The van der Waals surface area contributed by atoms with Gasteiger partial charge in [0.05, 0.1) is 47.0 Å². The molecule has 5 bridgehead atoms. The van der Waals surface area contributed by atoms with Gasteiger partial charge in [-0.2, -0.15) is 0 Å². The molecule has 4 aliphatic rings. The standard InChI is InChI=1S/C38H47NO12/c1-16-12-11-13-17(2)37(47)39-28-19(4)31(43)25-26(33(28)45)32(44)22(7)35-27(25)36(46)38(9,51-35)49-15-14-24(48-10)18(3)34(50-23(8)40)21(6)30(42)20(5)29(16)41/h11-16,18,20-21,24,29-30,34,41-42,44H,1-10H3,(H,39,47)/b12-11+,15-14+,17-13-/t16-,18+,20+,21+,24-,29-,30+,34+,38-/m0/s1. The van der Waals surface area contributed by atoms with Crippen molar-refractivity contribution in [3.8, 4) is 11.5 Å². The highest BCUT2D eigenvalue weighted by Gasteiger charge is 2.52. The van der Waals surface area contributed by atoms with Gasteiger partial charge in [-0.15, -0.1) is 0 Å². The number of phenols is 1. The maximum absolute atomic E-state index is 14.0. The van der Waals surface area contributed by atoms with Crippen LogP contribution in [0.3, 0.4) is 0 Å². The van der Waals surface area contributed by atoms with Crippen LogP contribution in [-0.4, -0.2) is 81.9 Å². The molecule has 1 amide bonds. The van der Waals surface area contributed by atoms with Gasteiger partial charge in [-0.1, -0.05) is 45.9 Å². The molecule has 13 heteroatoms. The SMILES string of the molecule is CO[C@H]1/C=C/O[C@@]2(C)Oc3c(C)c(O)c4c(c3C2=O)C(=O)C(C)=C(NC(=O)/C(C)=C\C=C\[C@H](C)[C@H](O)[C@@H](C)[C@@H](O)[C@@H](C)[C@H](OC(C)=O)[C@@H]1C)C4=O. The van der Waals surface area contributed by atoms with E-state index in [1.54, 1.807) is 39.8 Å². The fourth-order valence-corrected chi connectivity index (χ4v) is 6.84. The summed E-state index contributed by atoms with van der Waals surface area (Å²) in [5.74, 6) is -8.92. The molecule has 5 rings (SSSR count). The highest BCUT2D eigenvalue weighted by Crippen LogP contribution is 2.48. The number of benzene rings is 1. The number of ether oxygens (including phenoxy) is 4. The van der Waals surface area contributed by atoms with Crippen molar-refractivity contribution in [1.82, 2.24) is 5.32 Å². The third-order valence-electron chi connectivity index (χ3n) is 10.2. The number of carbonyl (C=O) groups is 5. The van der Waals surface area contributed by atoms with Crippen LogP contribution in [0.2, 0.25) is 0 Å². The van der Waals surface area contributed by atoms with E-state index in [9.17, 15) is 39.3 Å². The van der Waals surface area contributed by atoms with Crippen LogP contribution < -0.4 is 10.1 Å². The number of methoxy groups -OCH3 is 1. The monoisotopic (exact) mass is 709 g/mol. The molecule has 13 nitrogen and oxygen atoms in total. The summed E-state index contributed by atoms with van der Waals surface area (Å²) in [5.41, 5.74) is -1.38. The predicted molar refractivity (Wildman–Crippen MR) is 184 cm³/mol. The summed E-state index contributed by atoms with van der Waals surface area (Å²) in [6.45, 7) is 13.7. The van der Waals surface area contributed by atoms with Gasteiger partial charge in [0, 0.05) is 61.3 Å². The molecule has 51 heavy (non-hydrogen) atoms. The lowest BCUT2D eigenvalue weighted by Gasteiger charge is -2.38. The summed E-state index contributed by atoms with van der Waals surface area (Å²) in [6, 6.07) is 0. The minimum atomic E-state index is -2.04. The molecule has 4 N–H and O–H groups in total. The molecular weight excluding hydrogens is 662 g/mol. The zero-order chi connectivity index (χ0) is 38.3. The van der Waals surface area contributed by atoms with Crippen LogP contribution in [0.4, 0.5) is 0 Å². The van der Waals surface area contributed by atoms with E-state index in [-0.39, 0.29) is 39.3 Å². The number of hydrogen-bond acceptors (Lipinski definition) is 12. The zero-order valence-corrected chi connectivity index (χ0v) is 30.5. The van der Waals surface area contributed by atoms with E-state index in [0.717, 1.165) is 0 Å². The number of carbonyl (C=O) groups excluding carboxylic acids is 5. The highest BCUT2D eigenvalue weighted by molar-refractivity contribution is 6.32. The summed E-state index contributed by atoms with van der Waals surface area (Å²) in [5, 5.41) is 36.3. The Morgan fingerprint density at radius 3 is 2.16 bits per heavy atom. The molecule has 0 unspecified atom stereocenters. The molecule has 1 aliphatic carbocycles. The zero-order valence-electron chi connectivity index (χ0n) is 30.5. The summed E-state index contributed by atoms with van der Waals surface area (Å²) in [4.78, 5) is 67.1. The molecule has 3 aliphatic heterocycles. The van der Waals surface area contributed by atoms with E-state index in [0.29, 0.717) is 0 Å². The first kappa shape index (κ1) is 39.2. The average Bonchev–Trinajstić information content (AvgIpc) is 3.35. The number of allylic oxidation sites excluding steroid dienone is 4. The third-order valence-corrected chi connectivity index (χ3v) is 10.2. The normalized spacial score (nSPS) is 34.2. The Kier molecular flexibility index (Phi) is 11.5. The fourth-order valence-electron chi connectivity index (χ4n) is 6.84. The van der Waals surface area contributed by atoms with Gasteiger partial charge in [-0.3, -0.25) is 24.0 Å². The number of Topliss-reactive ketones (excluding diaryl/α,β-unsaturated/α-hetero) is 3. The van der Waals surface area contributed by atoms with Crippen LogP contribution in [0.1, 0.15) is 92.0 Å².